The molecule has 0 spiro atoms. The van der Waals surface area contributed by atoms with Crippen LogP contribution in [0.4, 0.5) is 0 Å². The van der Waals surface area contributed by atoms with Crippen LogP contribution in [0, 0.1) is 0 Å². The van der Waals surface area contributed by atoms with Gasteiger partial charge in [-0.2, -0.15) is 0 Å². The van der Waals surface area contributed by atoms with Crippen LogP contribution in [-0.4, -0.2) is 44.4 Å². The maximum Gasteiger partial charge on any atom is 0.322 e. The SMILES string of the molecule is COC(=O)CS(=O)(=O)NC(CCc1ccccc1)C(=O)O. The first kappa shape index (κ1) is 17.1. The Balaban J connectivity index is 2.66. The molecule has 0 aliphatic carbocycles. The Morgan fingerprint density at radius 1 is 1.29 bits per heavy atom. The quantitative estimate of drug-likeness (QED) is 0.662. The van der Waals surface area contributed by atoms with Crippen LogP contribution in [0.5, 0.6) is 0 Å². The van der Waals surface area contributed by atoms with Crippen molar-refractivity contribution in [3.8, 4) is 0 Å². The molecule has 7 nitrogen and oxygen atoms in total. The molecule has 21 heavy (non-hydrogen) atoms. The summed E-state index contributed by atoms with van der Waals surface area (Å²) >= 11 is 0. The van der Waals surface area contributed by atoms with Crippen molar-refractivity contribution in [2.75, 3.05) is 12.9 Å². The van der Waals surface area contributed by atoms with Gasteiger partial charge < -0.3 is 9.84 Å². The van der Waals surface area contributed by atoms with Gasteiger partial charge in [-0.25, -0.2) is 13.1 Å². The number of ether oxygens (including phenoxy) is 1. The van der Waals surface area contributed by atoms with Crippen LogP contribution in [0.2, 0.25) is 0 Å². The fourth-order valence-corrected chi connectivity index (χ4v) is 2.82. The Morgan fingerprint density at radius 3 is 2.43 bits per heavy atom. The molecule has 0 aliphatic heterocycles. The zero-order valence-corrected chi connectivity index (χ0v) is 12.3. The molecule has 0 saturated heterocycles. The zero-order chi connectivity index (χ0) is 15.9. The number of esters is 1. The van der Waals surface area contributed by atoms with E-state index in [2.05, 4.69) is 4.74 Å². The average Bonchev–Trinajstić information content (AvgIpc) is 2.43. The number of rotatable bonds is 8. The van der Waals surface area contributed by atoms with Gasteiger partial charge in [0.1, 0.15) is 6.04 Å². The maximum atomic E-state index is 11.7. The predicted octanol–water partition coefficient (Wildman–Crippen LogP) is 0.165. The molecule has 116 valence electrons. The van der Waals surface area contributed by atoms with Crippen molar-refractivity contribution in [2.45, 2.75) is 18.9 Å². The number of hydrogen-bond acceptors (Lipinski definition) is 5. The Hall–Kier alpha value is -1.93. The third-order valence-corrected chi connectivity index (χ3v) is 3.98. The normalized spacial score (nSPS) is 12.6. The molecule has 0 radical (unpaired) electrons. The molecule has 0 aliphatic rings. The second-order valence-electron chi connectivity index (χ2n) is 4.37. The van der Waals surface area contributed by atoms with Crippen molar-refractivity contribution in [3.63, 3.8) is 0 Å². The molecule has 0 amide bonds. The van der Waals surface area contributed by atoms with Crippen LogP contribution in [0.3, 0.4) is 0 Å². The van der Waals surface area contributed by atoms with Crippen LogP contribution in [-0.2, 0) is 30.8 Å². The minimum absolute atomic E-state index is 0.0831. The van der Waals surface area contributed by atoms with E-state index in [1.165, 1.54) is 0 Å². The lowest BCUT2D eigenvalue weighted by Gasteiger charge is -2.14. The summed E-state index contributed by atoms with van der Waals surface area (Å²) < 4.78 is 29.6. The summed E-state index contributed by atoms with van der Waals surface area (Å²) in [7, 11) is -2.99. The number of hydrogen-bond donors (Lipinski definition) is 2. The van der Waals surface area contributed by atoms with E-state index in [1.54, 1.807) is 0 Å². The number of sulfonamides is 1. The molecule has 1 rings (SSSR count). The molecule has 8 heteroatoms. The standard InChI is InChI=1S/C13H17NO6S/c1-20-12(15)9-21(18,19)14-11(13(16)17)8-7-10-5-3-2-4-6-10/h2-6,11,14H,7-9H2,1H3,(H,16,17). The van der Waals surface area contributed by atoms with E-state index in [1.807, 2.05) is 35.1 Å². The second kappa shape index (κ2) is 7.75. The number of aliphatic carboxylic acids is 1. The Labute approximate surface area is 123 Å². The van der Waals surface area contributed by atoms with Crippen LogP contribution in [0.25, 0.3) is 0 Å². The van der Waals surface area contributed by atoms with E-state index in [0.717, 1.165) is 12.7 Å². The highest BCUT2D eigenvalue weighted by molar-refractivity contribution is 7.90. The highest BCUT2D eigenvalue weighted by Gasteiger charge is 2.26. The average molecular weight is 315 g/mol. The van der Waals surface area contributed by atoms with Gasteiger partial charge in [-0.3, -0.25) is 9.59 Å². The third kappa shape index (κ3) is 6.37. The summed E-state index contributed by atoms with van der Waals surface area (Å²) in [4.78, 5) is 22.1. The Morgan fingerprint density at radius 2 is 1.90 bits per heavy atom. The van der Waals surface area contributed by atoms with Crippen LogP contribution >= 0.6 is 0 Å². The van der Waals surface area contributed by atoms with Gasteiger partial charge in [-0.1, -0.05) is 30.3 Å². The van der Waals surface area contributed by atoms with Crippen LogP contribution < -0.4 is 4.72 Å². The molecule has 1 unspecified atom stereocenters. The molecule has 0 saturated carbocycles. The van der Waals surface area contributed by atoms with E-state index in [4.69, 9.17) is 5.11 Å². The van der Waals surface area contributed by atoms with Gasteiger partial charge >= 0.3 is 11.9 Å². The first-order valence-corrected chi connectivity index (χ1v) is 7.83. The molecular weight excluding hydrogens is 298 g/mol. The first-order valence-electron chi connectivity index (χ1n) is 6.17. The second-order valence-corrected chi connectivity index (χ2v) is 6.12. The summed E-state index contributed by atoms with van der Waals surface area (Å²) in [5, 5.41) is 9.06. The van der Waals surface area contributed by atoms with Gasteiger partial charge in [0.15, 0.2) is 5.75 Å². The number of carbonyl (C=O) groups is 2. The van der Waals surface area contributed by atoms with E-state index in [-0.39, 0.29) is 6.42 Å². The lowest BCUT2D eigenvalue weighted by molar-refractivity contribution is -0.139. The molecular formula is C13H17NO6S. The number of benzene rings is 1. The number of carboxylic acid groups (broad SMARTS) is 1. The van der Waals surface area contributed by atoms with Gasteiger partial charge in [-0.05, 0) is 18.4 Å². The summed E-state index contributed by atoms with van der Waals surface area (Å²) in [5.41, 5.74) is 0.899. The first-order chi connectivity index (χ1) is 9.84. The Bertz CT molecular complexity index is 584. The fourth-order valence-electron chi connectivity index (χ4n) is 1.66. The third-order valence-electron chi connectivity index (χ3n) is 2.72. The molecule has 0 aromatic heterocycles. The number of carbonyl (C=O) groups excluding carboxylic acids is 1. The predicted molar refractivity (Wildman–Crippen MR) is 75.1 cm³/mol. The van der Waals surface area contributed by atoms with Gasteiger partial charge in [0.2, 0.25) is 10.0 Å². The number of methoxy groups -OCH3 is 1. The van der Waals surface area contributed by atoms with E-state index in [9.17, 15) is 18.0 Å². The molecule has 0 bridgehead atoms. The lowest BCUT2D eigenvalue weighted by Crippen LogP contribution is -2.43. The minimum atomic E-state index is -4.05. The maximum absolute atomic E-state index is 11.7. The summed E-state index contributed by atoms with van der Waals surface area (Å²) in [5.74, 6) is -3.15. The highest BCUT2D eigenvalue weighted by Crippen LogP contribution is 2.06. The van der Waals surface area contributed by atoms with E-state index < -0.39 is 33.8 Å². The fraction of sp³-hybridized carbons (Fsp3) is 0.385. The van der Waals surface area contributed by atoms with Gasteiger partial charge in [-0.15, -0.1) is 0 Å². The van der Waals surface area contributed by atoms with E-state index >= 15 is 0 Å². The van der Waals surface area contributed by atoms with Crippen molar-refractivity contribution in [1.82, 2.24) is 4.72 Å². The topological polar surface area (TPSA) is 110 Å². The Kier molecular flexibility index (Phi) is 6.32. The van der Waals surface area contributed by atoms with Crippen molar-refractivity contribution in [2.24, 2.45) is 0 Å². The number of nitrogens with one attached hydrogen (secondary N) is 1. The summed E-state index contributed by atoms with van der Waals surface area (Å²) in [6, 6.07) is 7.81. The van der Waals surface area contributed by atoms with Crippen molar-refractivity contribution in [3.05, 3.63) is 35.9 Å². The number of carboxylic acids is 1. The largest absolute Gasteiger partial charge is 0.480 e. The molecule has 0 fully saturated rings. The van der Waals surface area contributed by atoms with Crippen molar-refractivity contribution in [1.29, 1.82) is 0 Å². The highest BCUT2D eigenvalue weighted by atomic mass is 32.2. The van der Waals surface area contributed by atoms with Crippen molar-refractivity contribution < 1.29 is 27.9 Å². The molecule has 1 atom stereocenters. The molecule has 0 heterocycles. The molecule has 1 aromatic rings. The monoisotopic (exact) mass is 315 g/mol. The van der Waals surface area contributed by atoms with Gasteiger partial charge in [0.05, 0.1) is 7.11 Å². The van der Waals surface area contributed by atoms with Crippen molar-refractivity contribution >= 4 is 22.0 Å². The molecule has 2 N–H and O–H groups in total. The van der Waals surface area contributed by atoms with Gasteiger partial charge in [0.25, 0.3) is 0 Å². The summed E-state index contributed by atoms with van der Waals surface area (Å²) in [6.07, 6.45) is 0.484. The number of aryl methyl sites for hydroxylation is 1. The van der Waals surface area contributed by atoms with Crippen LogP contribution in [0.1, 0.15) is 12.0 Å². The van der Waals surface area contributed by atoms with Crippen LogP contribution in [0.15, 0.2) is 30.3 Å². The van der Waals surface area contributed by atoms with Gasteiger partial charge in [0, 0.05) is 0 Å². The zero-order valence-electron chi connectivity index (χ0n) is 11.5. The minimum Gasteiger partial charge on any atom is -0.480 e. The smallest absolute Gasteiger partial charge is 0.322 e. The molecule has 1 aromatic carbocycles. The lowest BCUT2D eigenvalue weighted by atomic mass is 10.1. The summed E-state index contributed by atoms with van der Waals surface area (Å²) in [6.45, 7) is 0. The van der Waals surface area contributed by atoms with E-state index in [0.29, 0.717) is 6.42 Å².